The lowest BCUT2D eigenvalue weighted by Gasteiger charge is -2.59. The Balaban J connectivity index is 1.94. The standard InChI is InChI=1S/C21H28O6/c1-6-13-17(24)20(5)12(4)10-21(13)18(26-20)16(19(25)27-21)15(23)9-8-11(3)14(22)7-2/h6-7,11-14,17,22,24H,1-2,8-10H2,3-5H3/t11-,12-,13-,14-,17-,20-,21-/m1/s1. The van der Waals surface area contributed by atoms with E-state index in [9.17, 15) is 19.8 Å². The summed E-state index contributed by atoms with van der Waals surface area (Å²) >= 11 is 0. The van der Waals surface area contributed by atoms with Crippen molar-refractivity contribution in [3.05, 3.63) is 36.6 Å². The second-order valence-corrected chi connectivity index (χ2v) is 8.25. The predicted octanol–water partition coefficient (Wildman–Crippen LogP) is 2.06. The van der Waals surface area contributed by atoms with E-state index in [0.717, 1.165) is 0 Å². The smallest absolute Gasteiger partial charge is 0.346 e. The number of aliphatic hydroxyl groups excluding tert-OH is 2. The number of esters is 1. The van der Waals surface area contributed by atoms with E-state index in [1.54, 1.807) is 13.0 Å². The average Bonchev–Trinajstić information content (AvgIpc) is 2.90. The number of carbonyl (C=O) groups excluding carboxylic acids is 2. The van der Waals surface area contributed by atoms with Crippen molar-refractivity contribution in [2.24, 2.45) is 17.8 Å². The molecule has 0 aromatic carbocycles. The summed E-state index contributed by atoms with van der Waals surface area (Å²) in [5, 5.41) is 20.6. The van der Waals surface area contributed by atoms with Crippen LogP contribution in [0, 0.1) is 17.8 Å². The van der Waals surface area contributed by atoms with Crippen LogP contribution in [0.5, 0.6) is 0 Å². The summed E-state index contributed by atoms with van der Waals surface area (Å²) in [7, 11) is 0. The minimum absolute atomic E-state index is 0.0579. The van der Waals surface area contributed by atoms with Gasteiger partial charge < -0.3 is 19.7 Å². The molecule has 1 spiro atoms. The van der Waals surface area contributed by atoms with Gasteiger partial charge in [0, 0.05) is 18.8 Å². The second-order valence-electron chi connectivity index (χ2n) is 8.25. The lowest BCUT2D eigenvalue weighted by Crippen LogP contribution is -2.69. The number of hydrogen-bond donors (Lipinski definition) is 2. The fraction of sp³-hybridized carbons (Fsp3) is 0.619. The molecule has 1 saturated carbocycles. The van der Waals surface area contributed by atoms with Gasteiger partial charge in [0.25, 0.3) is 0 Å². The van der Waals surface area contributed by atoms with Crippen LogP contribution >= 0.6 is 0 Å². The predicted molar refractivity (Wildman–Crippen MR) is 98.4 cm³/mol. The van der Waals surface area contributed by atoms with Gasteiger partial charge >= 0.3 is 5.97 Å². The molecule has 0 unspecified atom stereocenters. The van der Waals surface area contributed by atoms with Crippen LogP contribution in [-0.2, 0) is 19.1 Å². The Morgan fingerprint density at radius 1 is 1.41 bits per heavy atom. The number of aliphatic hydroxyl groups is 2. The molecule has 6 heteroatoms. The number of carbonyl (C=O) groups is 2. The first-order valence-corrected chi connectivity index (χ1v) is 9.44. The maximum atomic E-state index is 12.8. The Labute approximate surface area is 159 Å². The molecule has 4 aliphatic rings. The van der Waals surface area contributed by atoms with Crippen LogP contribution in [0.1, 0.15) is 40.0 Å². The van der Waals surface area contributed by atoms with Gasteiger partial charge in [-0.2, -0.15) is 0 Å². The molecule has 148 valence electrons. The third-order valence-electron chi connectivity index (χ3n) is 6.65. The topological polar surface area (TPSA) is 93.1 Å². The summed E-state index contributed by atoms with van der Waals surface area (Å²) < 4.78 is 11.8. The first-order valence-electron chi connectivity index (χ1n) is 9.44. The highest BCUT2D eigenvalue weighted by Gasteiger charge is 2.70. The van der Waals surface area contributed by atoms with Gasteiger partial charge in [0.2, 0.25) is 0 Å². The van der Waals surface area contributed by atoms with E-state index in [1.165, 1.54) is 6.08 Å². The van der Waals surface area contributed by atoms with Crippen molar-refractivity contribution in [2.45, 2.75) is 63.4 Å². The third kappa shape index (κ3) is 2.69. The van der Waals surface area contributed by atoms with E-state index in [4.69, 9.17) is 9.47 Å². The lowest BCUT2D eigenvalue weighted by atomic mass is 9.59. The minimum atomic E-state index is -1.16. The second kappa shape index (κ2) is 6.60. The van der Waals surface area contributed by atoms with Crippen LogP contribution in [0.3, 0.4) is 0 Å². The fourth-order valence-electron chi connectivity index (χ4n) is 4.58. The summed E-state index contributed by atoms with van der Waals surface area (Å²) in [6.45, 7) is 12.9. The number of Topliss-reactive ketones (excluding diaryl/α,β-unsaturated/α-hetero) is 1. The van der Waals surface area contributed by atoms with E-state index in [0.29, 0.717) is 12.8 Å². The molecule has 6 nitrogen and oxygen atoms in total. The molecule has 27 heavy (non-hydrogen) atoms. The van der Waals surface area contributed by atoms with Gasteiger partial charge in [0.05, 0.1) is 12.0 Å². The quantitative estimate of drug-likeness (QED) is 0.401. The Hall–Kier alpha value is -1.92. The monoisotopic (exact) mass is 376 g/mol. The Kier molecular flexibility index (Phi) is 4.85. The fourth-order valence-corrected chi connectivity index (χ4v) is 4.58. The highest BCUT2D eigenvalue weighted by molar-refractivity contribution is 6.19. The van der Waals surface area contributed by atoms with Gasteiger partial charge in [0.15, 0.2) is 17.1 Å². The van der Waals surface area contributed by atoms with Crippen LogP contribution in [0.2, 0.25) is 0 Å². The maximum absolute atomic E-state index is 12.8. The normalized spacial score (nSPS) is 39.3. The SMILES string of the molecule is C=C[C@@H](O)[C@H](C)CCC(=O)C1=C2O[C@]3(C)[C@H](C)C[C@@]2(OC1=O)[C@H](C=C)[C@H]3O. The highest BCUT2D eigenvalue weighted by Crippen LogP contribution is 2.60. The van der Waals surface area contributed by atoms with Crippen molar-refractivity contribution in [1.29, 1.82) is 0 Å². The van der Waals surface area contributed by atoms with Crippen molar-refractivity contribution in [2.75, 3.05) is 0 Å². The van der Waals surface area contributed by atoms with Gasteiger partial charge in [0.1, 0.15) is 17.3 Å². The van der Waals surface area contributed by atoms with Crippen LogP contribution in [0.25, 0.3) is 0 Å². The van der Waals surface area contributed by atoms with E-state index in [2.05, 4.69) is 13.2 Å². The van der Waals surface area contributed by atoms with Crippen LogP contribution in [-0.4, -0.2) is 45.4 Å². The molecule has 3 fully saturated rings. The molecule has 7 atom stereocenters. The first kappa shape index (κ1) is 19.8. The molecule has 0 aromatic heterocycles. The van der Waals surface area contributed by atoms with Crippen molar-refractivity contribution >= 4 is 11.8 Å². The molecule has 0 amide bonds. The van der Waals surface area contributed by atoms with E-state index in [1.807, 2.05) is 13.8 Å². The van der Waals surface area contributed by atoms with Crippen molar-refractivity contribution in [3.63, 3.8) is 0 Å². The van der Waals surface area contributed by atoms with E-state index < -0.39 is 35.3 Å². The van der Waals surface area contributed by atoms with Gasteiger partial charge in [-0.25, -0.2) is 4.79 Å². The Morgan fingerprint density at radius 3 is 2.67 bits per heavy atom. The van der Waals surface area contributed by atoms with Crippen LogP contribution in [0.15, 0.2) is 36.6 Å². The molecular formula is C21H28O6. The number of ether oxygens (including phenoxy) is 2. The molecule has 2 saturated heterocycles. The van der Waals surface area contributed by atoms with Gasteiger partial charge in [-0.1, -0.05) is 26.0 Å². The third-order valence-corrected chi connectivity index (χ3v) is 6.65. The van der Waals surface area contributed by atoms with Crippen LogP contribution < -0.4 is 0 Å². The van der Waals surface area contributed by atoms with Gasteiger partial charge in [-0.15, -0.1) is 13.2 Å². The largest absolute Gasteiger partial charge is 0.484 e. The number of fused-ring (bicyclic) bond motifs is 2. The summed E-state index contributed by atoms with van der Waals surface area (Å²) in [6, 6.07) is 0. The van der Waals surface area contributed by atoms with E-state index >= 15 is 0 Å². The molecule has 3 aliphatic heterocycles. The minimum Gasteiger partial charge on any atom is -0.484 e. The molecular weight excluding hydrogens is 348 g/mol. The molecule has 4 rings (SSSR count). The Morgan fingerprint density at radius 2 is 2.07 bits per heavy atom. The van der Waals surface area contributed by atoms with Crippen molar-refractivity contribution in [3.8, 4) is 0 Å². The van der Waals surface area contributed by atoms with Gasteiger partial charge in [-0.05, 0) is 19.3 Å². The Bertz CT molecular complexity index is 724. The molecule has 0 aromatic rings. The van der Waals surface area contributed by atoms with Gasteiger partial charge in [-0.3, -0.25) is 4.79 Å². The molecule has 0 radical (unpaired) electrons. The highest BCUT2D eigenvalue weighted by atomic mass is 16.6. The van der Waals surface area contributed by atoms with E-state index in [-0.39, 0.29) is 35.4 Å². The van der Waals surface area contributed by atoms with Crippen molar-refractivity contribution in [1.82, 2.24) is 0 Å². The zero-order chi connectivity index (χ0) is 20.1. The maximum Gasteiger partial charge on any atom is 0.346 e. The zero-order valence-corrected chi connectivity index (χ0v) is 16.1. The molecule has 1 aliphatic carbocycles. The number of hydrogen-bond acceptors (Lipinski definition) is 6. The summed E-state index contributed by atoms with van der Waals surface area (Å²) in [5.74, 6) is -1.58. The average molecular weight is 376 g/mol. The number of rotatable bonds is 7. The summed E-state index contributed by atoms with van der Waals surface area (Å²) in [4.78, 5) is 25.4. The first-order chi connectivity index (χ1) is 12.6. The number of ketones is 1. The van der Waals surface area contributed by atoms with Crippen molar-refractivity contribution < 1.29 is 29.3 Å². The summed E-state index contributed by atoms with van der Waals surface area (Å²) in [6.07, 6.45) is 2.39. The van der Waals surface area contributed by atoms with Crippen LogP contribution in [0.4, 0.5) is 0 Å². The lowest BCUT2D eigenvalue weighted by molar-refractivity contribution is -0.262. The molecule has 2 bridgehead atoms. The summed E-state index contributed by atoms with van der Waals surface area (Å²) in [5.41, 5.74) is -2.14. The molecule has 2 N–H and O–H groups in total. The zero-order valence-electron chi connectivity index (χ0n) is 16.1. The molecule has 3 heterocycles.